The first kappa shape index (κ1) is 11.9. The van der Waals surface area contributed by atoms with Crippen molar-refractivity contribution in [2.75, 3.05) is 40.3 Å². The average molecular weight is 215 g/mol. The molecule has 15 heavy (non-hydrogen) atoms. The van der Waals surface area contributed by atoms with Gasteiger partial charge in [-0.2, -0.15) is 0 Å². The van der Waals surface area contributed by atoms with E-state index in [1.165, 1.54) is 4.90 Å². The molecule has 1 aliphatic heterocycles. The number of carbonyl (C=O) groups excluding carboxylic acids is 1. The van der Waals surface area contributed by atoms with E-state index in [0.717, 1.165) is 0 Å². The number of carboxylic acid groups (broad SMARTS) is 1. The number of rotatable bonds is 4. The molecule has 0 aliphatic carbocycles. The first-order valence-electron chi connectivity index (χ1n) is 4.90. The predicted octanol–water partition coefficient (Wildman–Crippen LogP) is -1.57. The third-order valence-corrected chi connectivity index (χ3v) is 2.38. The summed E-state index contributed by atoms with van der Waals surface area (Å²) in [5, 5.41) is 11.7. The lowest BCUT2D eigenvalue weighted by Crippen LogP contribution is -2.59. The van der Waals surface area contributed by atoms with Gasteiger partial charge in [0.25, 0.3) is 0 Å². The van der Waals surface area contributed by atoms with Gasteiger partial charge in [0, 0.05) is 19.6 Å². The molecule has 1 aliphatic rings. The molecular formula is C9H17N3O3. The fourth-order valence-corrected chi connectivity index (χ4v) is 1.51. The molecule has 0 radical (unpaired) electrons. The molecule has 6 heteroatoms. The number of carboxylic acids is 1. The number of nitrogens with one attached hydrogen (secondary N) is 1. The molecule has 1 rings (SSSR count). The van der Waals surface area contributed by atoms with E-state index in [1.54, 1.807) is 0 Å². The Morgan fingerprint density at radius 3 is 2.87 bits per heavy atom. The van der Waals surface area contributed by atoms with Gasteiger partial charge in [-0.3, -0.25) is 4.79 Å². The highest BCUT2D eigenvalue weighted by Crippen LogP contribution is 2.04. The molecule has 0 saturated carbocycles. The van der Waals surface area contributed by atoms with Crippen LogP contribution < -0.4 is 5.32 Å². The normalized spacial score (nSPS) is 22.2. The molecule has 1 fully saturated rings. The van der Waals surface area contributed by atoms with E-state index in [9.17, 15) is 9.59 Å². The van der Waals surface area contributed by atoms with Gasteiger partial charge >= 0.3 is 5.97 Å². The molecular weight excluding hydrogens is 198 g/mol. The lowest BCUT2D eigenvalue weighted by Gasteiger charge is -2.34. The lowest BCUT2D eigenvalue weighted by atomic mass is 10.2. The standard InChI is InChI=1S/C9H17N3O3/c1-11(2)3-4-12-7(9(14)15)5-10-6-8(12)13/h7,10H,3-6H2,1-2H3,(H,14,15). The van der Waals surface area contributed by atoms with Crippen molar-refractivity contribution in [2.24, 2.45) is 0 Å². The van der Waals surface area contributed by atoms with Crippen molar-refractivity contribution >= 4 is 11.9 Å². The fourth-order valence-electron chi connectivity index (χ4n) is 1.51. The van der Waals surface area contributed by atoms with Crippen molar-refractivity contribution in [3.8, 4) is 0 Å². The molecule has 1 atom stereocenters. The number of carbonyl (C=O) groups is 2. The first-order valence-corrected chi connectivity index (χ1v) is 4.90. The van der Waals surface area contributed by atoms with E-state index >= 15 is 0 Å². The zero-order valence-electron chi connectivity index (χ0n) is 9.06. The van der Waals surface area contributed by atoms with E-state index in [4.69, 9.17) is 5.11 Å². The second kappa shape index (κ2) is 5.09. The van der Waals surface area contributed by atoms with Gasteiger partial charge in [-0.1, -0.05) is 0 Å². The summed E-state index contributed by atoms with van der Waals surface area (Å²) in [6, 6.07) is -0.730. The molecule has 6 nitrogen and oxygen atoms in total. The van der Waals surface area contributed by atoms with E-state index in [-0.39, 0.29) is 12.5 Å². The lowest BCUT2D eigenvalue weighted by molar-refractivity contribution is -0.152. The maximum Gasteiger partial charge on any atom is 0.327 e. The number of hydrogen-bond donors (Lipinski definition) is 2. The number of aliphatic carboxylic acids is 1. The van der Waals surface area contributed by atoms with Crippen molar-refractivity contribution in [2.45, 2.75) is 6.04 Å². The Balaban J connectivity index is 2.60. The third kappa shape index (κ3) is 3.17. The Kier molecular flexibility index (Phi) is 4.05. The Labute approximate surface area is 88.8 Å². The Bertz CT molecular complexity index is 255. The molecule has 86 valence electrons. The summed E-state index contributed by atoms with van der Waals surface area (Å²) >= 11 is 0. The summed E-state index contributed by atoms with van der Waals surface area (Å²) < 4.78 is 0. The van der Waals surface area contributed by atoms with Crippen LogP contribution in [0.25, 0.3) is 0 Å². The highest BCUT2D eigenvalue weighted by Gasteiger charge is 2.32. The van der Waals surface area contributed by atoms with Gasteiger partial charge in [-0.15, -0.1) is 0 Å². The zero-order chi connectivity index (χ0) is 11.4. The number of amides is 1. The molecule has 1 saturated heterocycles. The van der Waals surface area contributed by atoms with Gasteiger partial charge in [0.15, 0.2) is 0 Å². The van der Waals surface area contributed by atoms with Crippen LogP contribution in [0.3, 0.4) is 0 Å². The summed E-state index contributed by atoms with van der Waals surface area (Å²) in [7, 11) is 3.78. The number of piperazine rings is 1. The quantitative estimate of drug-likeness (QED) is 0.593. The highest BCUT2D eigenvalue weighted by atomic mass is 16.4. The Morgan fingerprint density at radius 1 is 1.67 bits per heavy atom. The second-order valence-electron chi connectivity index (χ2n) is 3.88. The molecule has 0 aromatic rings. The SMILES string of the molecule is CN(C)CCN1C(=O)CNCC1C(=O)O. The van der Waals surface area contributed by atoms with Gasteiger partial charge in [-0.05, 0) is 14.1 Å². The molecule has 0 aromatic carbocycles. The summed E-state index contributed by atoms with van der Waals surface area (Å²) in [5.74, 6) is -1.09. The van der Waals surface area contributed by atoms with Crippen LogP contribution in [0, 0.1) is 0 Å². The van der Waals surface area contributed by atoms with Gasteiger partial charge in [-0.25, -0.2) is 4.79 Å². The van der Waals surface area contributed by atoms with Crippen molar-refractivity contribution in [3.63, 3.8) is 0 Å². The molecule has 0 bridgehead atoms. The van der Waals surface area contributed by atoms with E-state index < -0.39 is 12.0 Å². The summed E-state index contributed by atoms with van der Waals surface area (Å²) in [6.45, 7) is 1.70. The van der Waals surface area contributed by atoms with Gasteiger partial charge in [0.2, 0.25) is 5.91 Å². The van der Waals surface area contributed by atoms with E-state index in [2.05, 4.69) is 5.32 Å². The maximum absolute atomic E-state index is 11.5. The van der Waals surface area contributed by atoms with E-state index in [1.807, 2.05) is 19.0 Å². The summed E-state index contributed by atoms with van der Waals surface area (Å²) in [4.78, 5) is 25.8. The molecule has 0 spiro atoms. The van der Waals surface area contributed by atoms with Gasteiger partial charge in [0.1, 0.15) is 6.04 Å². The average Bonchev–Trinajstić information content (AvgIpc) is 2.15. The summed E-state index contributed by atoms with van der Waals surface area (Å²) in [6.07, 6.45) is 0. The van der Waals surface area contributed by atoms with Crippen molar-refractivity contribution < 1.29 is 14.7 Å². The largest absolute Gasteiger partial charge is 0.480 e. The van der Waals surface area contributed by atoms with Crippen LogP contribution in [-0.4, -0.2) is 73.1 Å². The van der Waals surface area contributed by atoms with Crippen LogP contribution >= 0.6 is 0 Å². The molecule has 1 amide bonds. The Hall–Kier alpha value is -1.14. The number of nitrogens with zero attached hydrogens (tertiary/aromatic N) is 2. The number of likely N-dealkylation sites (N-methyl/N-ethyl adjacent to an activating group) is 1. The minimum atomic E-state index is -0.950. The topological polar surface area (TPSA) is 72.9 Å². The predicted molar refractivity (Wildman–Crippen MR) is 54.6 cm³/mol. The highest BCUT2D eigenvalue weighted by molar-refractivity contribution is 5.86. The van der Waals surface area contributed by atoms with Gasteiger partial charge < -0.3 is 20.2 Å². The minimum Gasteiger partial charge on any atom is -0.480 e. The second-order valence-corrected chi connectivity index (χ2v) is 3.88. The molecule has 1 heterocycles. The van der Waals surface area contributed by atoms with Crippen LogP contribution in [0.2, 0.25) is 0 Å². The van der Waals surface area contributed by atoms with Crippen molar-refractivity contribution in [1.82, 2.24) is 15.1 Å². The van der Waals surface area contributed by atoms with Crippen LogP contribution in [0.4, 0.5) is 0 Å². The summed E-state index contributed by atoms with van der Waals surface area (Å²) in [5.41, 5.74) is 0. The molecule has 1 unspecified atom stereocenters. The zero-order valence-corrected chi connectivity index (χ0v) is 9.06. The van der Waals surface area contributed by atoms with E-state index in [0.29, 0.717) is 19.6 Å². The van der Waals surface area contributed by atoms with Crippen molar-refractivity contribution in [3.05, 3.63) is 0 Å². The number of hydrogen-bond acceptors (Lipinski definition) is 4. The smallest absolute Gasteiger partial charge is 0.327 e. The monoisotopic (exact) mass is 215 g/mol. The Morgan fingerprint density at radius 2 is 2.33 bits per heavy atom. The van der Waals surface area contributed by atoms with Crippen LogP contribution in [0.15, 0.2) is 0 Å². The third-order valence-electron chi connectivity index (χ3n) is 2.38. The van der Waals surface area contributed by atoms with Crippen LogP contribution in [0.5, 0.6) is 0 Å². The van der Waals surface area contributed by atoms with Crippen molar-refractivity contribution in [1.29, 1.82) is 0 Å². The first-order chi connectivity index (χ1) is 7.02. The molecule has 2 N–H and O–H groups in total. The molecule has 0 aromatic heterocycles. The van der Waals surface area contributed by atoms with Crippen LogP contribution in [-0.2, 0) is 9.59 Å². The fraction of sp³-hybridized carbons (Fsp3) is 0.778. The van der Waals surface area contributed by atoms with Crippen LogP contribution in [0.1, 0.15) is 0 Å². The van der Waals surface area contributed by atoms with Gasteiger partial charge in [0.05, 0.1) is 6.54 Å². The maximum atomic E-state index is 11.5. The minimum absolute atomic E-state index is 0.143.